The SMILES string of the molecule is CNC(=O)C(Cc1ccccc1)N(Cc1ccc(Cl)cc1Cl)C(=O)CSCc1ccccc1F. The van der Waals surface area contributed by atoms with Gasteiger partial charge in [0.1, 0.15) is 11.9 Å². The average Bonchev–Trinajstić information content (AvgIpc) is 2.83. The van der Waals surface area contributed by atoms with Gasteiger partial charge in [-0.25, -0.2) is 4.39 Å². The van der Waals surface area contributed by atoms with Crippen LogP contribution in [0.2, 0.25) is 10.0 Å². The van der Waals surface area contributed by atoms with E-state index >= 15 is 0 Å². The molecule has 3 aromatic rings. The summed E-state index contributed by atoms with van der Waals surface area (Å²) in [6.45, 7) is 0.139. The number of thioether (sulfide) groups is 1. The van der Waals surface area contributed by atoms with E-state index in [-0.39, 0.29) is 29.9 Å². The van der Waals surface area contributed by atoms with Crippen LogP contribution in [0.15, 0.2) is 72.8 Å². The van der Waals surface area contributed by atoms with Gasteiger partial charge >= 0.3 is 0 Å². The molecular weight excluding hydrogens is 494 g/mol. The highest BCUT2D eigenvalue weighted by Crippen LogP contribution is 2.25. The zero-order valence-corrected chi connectivity index (χ0v) is 21.0. The van der Waals surface area contributed by atoms with Gasteiger partial charge in [0, 0.05) is 35.8 Å². The van der Waals surface area contributed by atoms with Crippen LogP contribution in [0, 0.1) is 5.82 Å². The fourth-order valence-corrected chi connectivity index (χ4v) is 4.87. The van der Waals surface area contributed by atoms with E-state index in [1.807, 2.05) is 30.3 Å². The number of nitrogens with zero attached hydrogens (tertiary/aromatic N) is 1. The highest BCUT2D eigenvalue weighted by atomic mass is 35.5. The van der Waals surface area contributed by atoms with Gasteiger partial charge in [-0.15, -0.1) is 11.8 Å². The predicted molar refractivity (Wildman–Crippen MR) is 138 cm³/mol. The van der Waals surface area contributed by atoms with Crippen LogP contribution in [0.4, 0.5) is 4.39 Å². The minimum absolute atomic E-state index is 0.0851. The molecule has 0 aliphatic heterocycles. The van der Waals surface area contributed by atoms with Crippen molar-refractivity contribution in [2.24, 2.45) is 0 Å². The normalized spacial score (nSPS) is 11.6. The van der Waals surface area contributed by atoms with E-state index in [4.69, 9.17) is 23.2 Å². The Labute approximate surface area is 213 Å². The van der Waals surface area contributed by atoms with Crippen LogP contribution >= 0.6 is 35.0 Å². The fourth-order valence-electron chi connectivity index (χ4n) is 3.50. The molecule has 0 saturated carbocycles. The Morgan fingerprint density at radius 2 is 1.71 bits per heavy atom. The molecule has 1 N–H and O–H groups in total. The molecule has 3 rings (SSSR count). The van der Waals surface area contributed by atoms with Gasteiger partial charge in [0.05, 0.1) is 5.75 Å². The Morgan fingerprint density at radius 3 is 2.38 bits per heavy atom. The average molecular weight is 519 g/mol. The van der Waals surface area contributed by atoms with Crippen molar-refractivity contribution in [2.75, 3.05) is 12.8 Å². The number of rotatable bonds is 10. The summed E-state index contributed by atoms with van der Waals surface area (Å²) in [7, 11) is 1.55. The lowest BCUT2D eigenvalue weighted by Crippen LogP contribution is -2.50. The summed E-state index contributed by atoms with van der Waals surface area (Å²) >= 11 is 13.7. The van der Waals surface area contributed by atoms with Crippen molar-refractivity contribution in [3.8, 4) is 0 Å². The molecule has 0 saturated heterocycles. The standard InChI is InChI=1S/C26H25Cl2FN2O2S/c1-30-26(33)24(13-18-7-3-2-4-8-18)31(15-19-11-12-21(27)14-22(19)28)25(32)17-34-16-20-9-5-6-10-23(20)29/h2-12,14,24H,13,15-17H2,1H3,(H,30,33). The Bertz CT molecular complexity index is 1130. The first kappa shape index (κ1) is 26.1. The first-order valence-corrected chi connectivity index (χ1v) is 12.6. The van der Waals surface area contributed by atoms with Crippen molar-refractivity contribution in [1.29, 1.82) is 0 Å². The second-order valence-electron chi connectivity index (χ2n) is 7.66. The van der Waals surface area contributed by atoms with Crippen molar-refractivity contribution in [3.63, 3.8) is 0 Å². The van der Waals surface area contributed by atoms with Crippen LogP contribution in [0.5, 0.6) is 0 Å². The monoisotopic (exact) mass is 518 g/mol. The van der Waals surface area contributed by atoms with Crippen molar-refractivity contribution in [1.82, 2.24) is 10.2 Å². The summed E-state index contributed by atoms with van der Waals surface area (Å²) < 4.78 is 14.0. The smallest absolute Gasteiger partial charge is 0.242 e. The number of carbonyl (C=O) groups is 2. The van der Waals surface area contributed by atoms with Gasteiger partial charge in [-0.2, -0.15) is 0 Å². The Balaban J connectivity index is 1.85. The fraction of sp³-hybridized carbons (Fsp3) is 0.231. The Kier molecular flexibility index (Phi) is 9.81. The highest BCUT2D eigenvalue weighted by Gasteiger charge is 2.30. The highest BCUT2D eigenvalue weighted by molar-refractivity contribution is 7.99. The molecule has 178 valence electrons. The van der Waals surface area contributed by atoms with E-state index in [0.29, 0.717) is 33.3 Å². The summed E-state index contributed by atoms with van der Waals surface area (Å²) in [6.07, 6.45) is 0.343. The van der Waals surface area contributed by atoms with Gasteiger partial charge in [-0.3, -0.25) is 9.59 Å². The molecule has 1 atom stereocenters. The van der Waals surface area contributed by atoms with Crippen LogP contribution < -0.4 is 5.32 Å². The van der Waals surface area contributed by atoms with Gasteiger partial charge in [0.15, 0.2) is 0 Å². The summed E-state index contributed by atoms with van der Waals surface area (Å²) in [4.78, 5) is 27.9. The lowest BCUT2D eigenvalue weighted by molar-refractivity contribution is -0.139. The molecule has 0 fully saturated rings. The molecule has 0 bridgehead atoms. The maximum Gasteiger partial charge on any atom is 0.242 e. The number of carbonyl (C=O) groups excluding carboxylic acids is 2. The Morgan fingerprint density at radius 1 is 1.00 bits per heavy atom. The summed E-state index contributed by atoms with van der Waals surface area (Å²) in [5.74, 6) is -0.392. The van der Waals surface area contributed by atoms with E-state index in [9.17, 15) is 14.0 Å². The second-order valence-corrected chi connectivity index (χ2v) is 9.49. The molecule has 34 heavy (non-hydrogen) atoms. The van der Waals surface area contributed by atoms with Crippen LogP contribution in [-0.2, 0) is 28.3 Å². The molecule has 2 amide bonds. The molecule has 0 aliphatic rings. The number of nitrogens with one attached hydrogen (secondary N) is 1. The van der Waals surface area contributed by atoms with E-state index < -0.39 is 6.04 Å². The van der Waals surface area contributed by atoms with Crippen LogP contribution in [0.3, 0.4) is 0 Å². The molecule has 8 heteroatoms. The number of amides is 2. The molecule has 0 aliphatic carbocycles. The van der Waals surface area contributed by atoms with E-state index in [2.05, 4.69) is 5.32 Å². The lowest BCUT2D eigenvalue weighted by atomic mass is 10.0. The van der Waals surface area contributed by atoms with E-state index in [1.54, 1.807) is 43.4 Å². The van der Waals surface area contributed by atoms with Gasteiger partial charge < -0.3 is 10.2 Å². The second kappa shape index (κ2) is 12.8. The first-order valence-electron chi connectivity index (χ1n) is 10.7. The number of halogens is 3. The van der Waals surface area contributed by atoms with Crippen LogP contribution in [0.1, 0.15) is 16.7 Å². The van der Waals surface area contributed by atoms with Gasteiger partial charge in [-0.05, 0) is 34.9 Å². The maximum atomic E-state index is 14.0. The first-order chi connectivity index (χ1) is 16.4. The van der Waals surface area contributed by atoms with Crippen molar-refractivity contribution in [2.45, 2.75) is 24.8 Å². The van der Waals surface area contributed by atoms with Gasteiger partial charge in [0.2, 0.25) is 11.8 Å². The molecule has 0 aromatic heterocycles. The molecular formula is C26H25Cl2FN2O2S. The third-order valence-corrected chi connectivity index (χ3v) is 6.87. The summed E-state index contributed by atoms with van der Waals surface area (Å²) in [5, 5.41) is 3.58. The number of hydrogen-bond donors (Lipinski definition) is 1. The van der Waals surface area contributed by atoms with Crippen molar-refractivity contribution >= 4 is 46.8 Å². The molecule has 1 unspecified atom stereocenters. The zero-order chi connectivity index (χ0) is 24.5. The van der Waals surface area contributed by atoms with E-state index in [0.717, 1.165) is 5.56 Å². The van der Waals surface area contributed by atoms with Crippen molar-refractivity contribution < 1.29 is 14.0 Å². The zero-order valence-electron chi connectivity index (χ0n) is 18.6. The minimum atomic E-state index is -0.749. The molecule has 0 radical (unpaired) electrons. The topological polar surface area (TPSA) is 49.4 Å². The largest absolute Gasteiger partial charge is 0.357 e. The number of benzene rings is 3. The summed E-state index contributed by atoms with van der Waals surface area (Å²) in [6, 6.07) is 20.3. The van der Waals surface area contributed by atoms with Crippen LogP contribution in [-0.4, -0.2) is 35.6 Å². The lowest BCUT2D eigenvalue weighted by Gasteiger charge is -2.31. The third-order valence-electron chi connectivity index (χ3n) is 5.31. The Hall–Kier alpha value is -2.54. The van der Waals surface area contributed by atoms with Gasteiger partial charge in [0.25, 0.3) is 0 Å². The quantitative estimate of drug-likeness (QED) is 0.371. The van der Waals surface area contributed by atoms with Gasteiger partial charge in [-0.1, -0.05) is 77.8 Å². The third kappa shape index (κ3) is 7.23. The number of likely N-dealkylation sites (N-methyl/N-ethyl adjacent to an activating group) is 1. The van der Waals surface area contributed by atoms with Crippen LogP contribution in [0.25, 0.3) is 0 Å². The minimum Gasteiger partial charge on any atom is -0.357 e. The van der Waals surface area contributed by atoms with Crippen molar-refractivity contribution in [3.05, 3.63) is 105 Å². The maximum absolute atomic E-state index is 14.0. The predicted octanol–water partition coefficient (Wildman–Crippen LogP) is 5.75. The molecule has 0 heterocycles. The molecule has 0 spiro atoms. The van der Waals surface area contributed by atoms with E-state index in [1.165, 1.54) is 22.7 Å². The number of hydrogen-bond acceptors (Lipinski definition) is 3. The molecule has 4 nitrogen and oxygen atoms in total. The summed E-state index contributed by atoms with van der Waals surface area (Å²) in [5.41, 5.74) is 2.13. The molecule has 3 aromatic carbocycles.